The van der Waals surface area contributed by atoms with Crippen LogP contribution in [0.1, 0.15) is 29.6 Å². The molecule has 0 aromatic heterocycles. The molecular weight excluding hydrogens is 332 g/mol. The molecule has 0 saturated carbocycles. The maximum absolute atomic E-state index is 12.9. The summed E-state index contributed by atoms with van der Waals surface area (Å²) < 4.78 is 5.26. The Morgan fingerprint density at radius 3 is 3.00 bits per heavy atom. The Kier molecular flexibility index (Phi) is 4.69. The van der Waals surface area contributed by atoms with E-state index >= 15 is 0 Å². The zero-order valence-electron chi connectivity index (χ0n) is 13.5. The van der Waals surface area contributed by atoms with Crippen LogP contribution in [-0.2, 0) is 4.79 Å². The highest BCUT2D eigenvalue weighted by Crippen LogP contribution is 2.38. The van der Waals surface area contributed by atoms with Gasteiger partial charge >= 0.3 is 0 Å². The van der Waals surface area contributed by atoms with Gasteiger partial charge in [-0.25, -0.2) is 0 Å². The molecule has 0 unspecified atom stereocenters. The minimum Gasteiger partial charge on any atom is -0.496 e. The predicted molar refractivity (Wildman–Crippen MR) is 89.2 cm³/mol. The Morgan fingerprint density at radius 2 is 2.29 bits per heavy atom. The smallest absolute Gasteiger partial charge is 0.257 e. The maximum Gasteiger partial charge on any atom is 0.257 e. The van der Waals surface area contributed by atoms with Gasteiger partial charge in [0.25, 0.3) is 5.91 Å². The summed E-state index contributed by atoms with van der Waals surface area (Å²) in [7, 11) is 1.48. The number of carbonyl (C=O) groups excluding carboxylic acids is 2. The van der Waals surface area contributed by atoms with Crippen molar-refractivity contribution in [3.05, 3.63) is 28.8 Å². The Hall–Kier alpha value is -1.79. The summed E-state index contributed by atoms with van der Waals surface area (Å²) in [6.45, 7) is 1.23. The molecule has 0 radical (unpaired) electrons. The van der Waals surface area contributed by atoms with E-state index in [0.717, 1.165) is 6.42 Å². The highest BCUT2D eigenvalue weighted by Gasteiger charge is 2.50. The monoisotopic (exact) mass is 352 g/mol. The normalized spacial score (nSPS) is 27.0. The molecule has 2 amide bonds. The first-order chi connectivity index (χ1) is 11.5. The Labute approximate surface area is 145 Å². The summed E-state index contributed by atoms with van der Waals surface area (Å²) in [6, 6.07) is 4.86. The molecule has 1 aromatic rings. The van der Waals surface area contributed by atoms with Gasteiger partial charge in [0.05, 0.1) is 24.2 Å². The quantitative estimate of drug-likeness (QED) is 0.844. The molecule has 2 atom stereocenters. The first kappa shape index (κ1) is 17.0. The van der Waals surface area contributed by atoms with Crippen LogP contribution in [0.25, 0.3) is 0 Å². The van der Waals surface area contributed by atoms with Crippen molar-refractivity contribution in [3.63, 3.8) is 0 Å². The van der Waals surface area contributed by atoms with Gasteiger partial charge in [0.1, 0.15) is 5.75 Å². The van der Waals surface area contributed by atoms with E-state index in [9.17, 15) is 14.7 Å². The summed E-state index contributed by atoms with van der Waals surface area (Å²) in [5, 5.41) is 13.7. The fraction of sp³-hybridized carbons (Fsp3) is 0.529. The lowest BCUT2D eigenvalue weighted by Gasteiger charge is -2.46. The zero-order chi connectivity index (χ0) is 17.3. The number of rotatable bonds is 2. The van der Waals surface area contributed by atoms with Crippen molar-refractivity contribution >= 4 is 23.4 Å². The molecule has 2 heterocycles. The predicted octanol–water partition coefficient (Wildman–Crippen LogP) is 1.45. The number of aliphatic hydroxyl groups is 1. The van der Waals surface area contributed by atoms with Crippen LogP contribution in [0, 0.1) is 5.41 Å². The van der Waals surface area contributed by atoms with Gasteiger partial charge in [-0.1, -0.05) is 11.6 Å². The fourth-order valence-electron chi connectivity index (χ4n) is 3.63. The molecular formula is C17H21ClN2O4. The van der Waals surface area contributed by atoms with E-state index in [0.29, 0.717) is 42.3 Å². The number of amides is 2. The number of hydrogen-bond acceptors (Lipinski definition) is 4. The third-order valence-electron chi connectivity index (χ3n) is 5.00. The number of piperidine rings is 2. The maximum atomic E-state index is 12.9. The van der Waals surface area contributed by atoms with Crippen LogP contribution in [0.15, 0.2) is 18.2 Å². The van der Waals surface area contributed by atoms with Crippen molar-refractivity contribution in [1.82, 2.24) is 10.2 Å². The van der Waals surface area contributed by atoms with E-state index in [1.807, 2.05) is 0 Å². The lowest BCUT2D eigenvalue weighted by Crippen LogP contribution is -2.62. The molecule has 6 nitrogen and oxygen atoms in total. The number of benzene rings is 1. The van der Waals surface area contributed by atoms with E-state index < -0.39 is 11.5 Å². The highest BCUT2D eigenvalue weighted by molar-refractivity contribution is 6.30. The average molecular weight is 353 g/mol. The number of carbonyl (C=O) groups is 2. The third kappa shape index (κ3) is 2.84. The summed E-state index contributed by atoms with van der Waals surface area (Å²) in [5.41, 5.74) is -0.504. The summed E-state index contributed by atoms with van der Waals surface area (Å²) >= 11 is 5.95. The zero-order valence-corrected chi connectivity index (χ0v) is 14.3. The minimum atomic E-state index is -0.911. The molecule has 2 N–H and O–H groups in total. The third-order valence-corrected chi connectivity index (χ3v) is 5.24. The summed E-state index contributed by atoms with van der Waals surface area (Å²) in [6.07, 6.45) is 1.04. The molecule has 0 aliphatic carbocycles. The van der Waals surface area contributed by atoms with Gasteiger partial charge in [0.15, 0.2) is 0 Å². The van der Waals surface area contributed by atoms with Crippen LogP contribution in [0.4, 0.5) is 0 Å². The van der Waals surface area contributed by atoms with Crippen LogP contribution in [-0.4, -0.2) is 54.7 Å². The number of nitrogens with one attached hydrogen (secondary N) is 1. The van der Waals surface area contributed by atoms with Crippen molar-refractivity contribution in [1.29, 1.82) is 0 Å². The molecule has 2 aliphatic heterocycles. The Balaban J connectivity index is 1.87. The van der Waals surface area contributed by atoms with Gasteiger partial charge in [-0.15, -0.1) is 0 Å². The van der Waals surface area contributed by atoms with Crippen LogP contribution >= 0.6 is 11.6 Å². The fourth-order valence-corrected chi connectivity index (χ4v) is 3.79. The van der Waals surface area contributed by atoms with E-state index in [4.69, 9.17) is 16.3 Å². The van der Waals surface area contributed by atoms with Crippen molar-refractivity contribution in [2.75, 3.05) is 26.7 Å². The molecule has 24 heavy (non-hydrogen) atoms. The molecule has 2 aliphatic rings. The molecule has 3 rings (SSSR count). The number of aliphatic hydroxyl groups excluding tert-OH is 1. The number of ether oxygens (including phenoxy) is 1. The number of methoxy groups -OCH3 is 1. The SMILES string of the molecule is COc1cc(Cl)ccc1C(=O)N1CC[C@H](O)[C@@]2(CCCNC2=O)C1. The topological polar surface area (TPSA) is 78.9 Å². The minimum absolute atomic E-state index is 0.165. The first-order valence-corrected chi connectivity index (χ1v) is 8.45. The van der Waals surface area contributed by atoms with Crippen LogP contribution in [0.5, 0.6) is 5.75 Å². The molecule has 2 saturated heterocycles. The molecule has 1 spiro atoms. The van der Waals surface area contributed by atoms with E-state index in [2.05, 4.69) is 5.32 Å². The summed E-state index contributed by atoms with van der Waals surface area (Å²) in [5.74, 6) is 0.0238. The van der Waals surface area contributed by atoms with Gasteiger partial charge < -0.3 is 20.1 Å². The van der Waals surface area contributed by atoms with E-state index in [1.165, 1.54) is 7.11 Å². The molecule has 7 heteroatoms. The van der Waals surface area contributed by atoms with Gasteiger partial charge in [-0.05, 0) is 37.5 Å². The van der Waals surface area contributed by atoms with E-state index in [-0.39, 0.29) is 18.4 Å². The molecule has 130 valence electrons. The first-order valence-electron chi connectivity index (χ1n) is 8.07. The van der Waals surface area contributed by atoms with Crippen LogP contribution in [0.2, 0.25) is 5.02 Å². The van der Waals surface area contributed by atoms with Gasteiger partial charge in [0, 0.05) is 24.7 Å². The Morgan fingerprint density at radius 1 is 1.50 bits per heavy atom. The molecule has 2 fully saturated rings. The highest BCUT2D eigenvalue weighted by atomic mass is 35.5. The lowest BCUT2D eigenvalue weighted by atomic mass is 9.71. The van der Waals surface area contributed by atoms with Crippen LogP contribution in [0.3, 0.4) is 0 Å². The lowest BCUT2D eigenvalue weighted by molar-refractivity contribution is -0.147. The second-order valence-electron chi connectivity index (χ2n) is 6.39. The standard InChI is InChI=1S/C17H21ClN2O4/c1-24-13-9-11(18)3-4-12(13)15(22)20-8-5-14(21)17(10-20)6-2-7-19-16(17)23/h3-4,9,14,21H,2,5-8,10H2,1H3,(H,19,23)/t14-,17+/m0/s1. The van der Waals surface area contributed by atoms with Crippen molar-refractivity contribution in [2.24, 2.45) is 5.41 Å². The van der Waals surface area contributed by atoms with E-state index in [1.54, 1.807) is 23.1 Å². The second kappa shape index (κ2) is 6.61. The number of halogens is 1. The Bertz CT molecular complexity index is 666. The number of nitrogens with zero attached hydrogens (tertiary/aromatic N) is 1. The average Bonchev–Trinajstić information content (AvgIpc) is 2.59. The van der Waals surface area contributed by atoms with Crippen molar-refractivity contribution < 1.29 is 19.4 Å². The second-order valence-corrected chi connectivity index (χ2v) is 6.83. The van der Waals surface area contributed by atoms with Crippen molar-refractivity contribution in [3.8, 4) is 5.75 Å². The van der Waals surface area contributed by atoms with Crippen LogP contribution < -0.4 is 10.1 Å². The molecule has 0 bridgehead atoms. The largest absolute Gasteiger partial charge is 0.496 e. The number of likely N-dealkylation sites (tertiary alicyclic amines) is 1. The van der Waals surface area contributed by atoms with Crippen molar-refractivity contribution in [2.45, 2.75) is 25.4 Å². The van der Waals surface area contributed by atoms with Gasteiger partial charge in [-0.3, -0.25) is 9.59 Å². The number of hydrogen-bond donors (Lipinski definition) is 2. The summed E-state index contributed by atoms with van der Waals surface area (Å²) in [4.78, 5) is 27.0. The molecule has 1 aromatic carbocycles. The van der Waals surface area contributed by atoms with Gasteiger partial charge in [-0.2, -0.15) is 0 Å². The van der Waals surface area contributed by atoms with Gasteiger partial charge in [0.2, 0.25) is 5.91 Å².